The third-order valence-electron chi connectivity index (χ3n) is 5.97. The maximum Gasteiger partial charge on any atom is 0.308 e. The summed E-state index contributed by atoms with van der Waals surface area (Å²) in [5.41, 5.74) is 4.20. The predicted molar refractivity (Wildman–Crippen MR) is 139 cm³/mol. The van der Waals surface area contributed by atoms with Gasteiger partial charge in [0.1, 0.15) is 11.5 Å². The molecule has 1 unspecified atom stereocenters. The van der Waals surface area contributed by atoms with Gasteiger partial charge in [0.05, 0.1) is 11.3 Å². The minimum atomic E-state index is -3.81. The lowest BCUT2D eigenvalue weighted by atomic mass is 9.90. The highest BCUT2D eigenvalue weighted by Crippen LogP contribution is 2.40. The summed E-state index contributed by atoms with van der Waals surface area (Å²) in [7, 11) is -3.81. The highest BCUT2D eigenvalue weighted by molar-refractivity contribution is 9.10. The number of aromatic nitrogens is 1. The number of pyridine rings is 1. The van der Waals surface area contributed by atoms with Crippen LogP contribution in [0.4, 0.5) is 0 Å². The summed E-state index contributed by atoms with van der Waals surface area (Å²) in [4.78, 5) is 30.0. The second-order valence-electron chi connectivity index (χ2n) is 8.94. The fourth-order valence-corrected chi connectivity index (χ4v) is 5.80. The highest BCUT2D eigenvalue weighted by atomic mass is 79.9. The van der Waals surface area contributed by atoms with Gasteiger partial charge in [-0.2, -0.15) is 8.42 Å². The molecule has 1 atom stereocenters. The van der Waals surface area contributed by atoms with Crippen molar-refractivity contribution in [1.82, 2.24) is 10.3 Å². The van der Waals surface area contributed by atoms with Crippen molar-refractivity contribution in [3.63, 3.8) is 0 Å². The number of Topliss-reactive ketones (excluding diaryl/α,β-unsaturated/α-hetero) is 1. The van der Waals surface area contributed by atoms with Crippen LogP contribution in [0.3, 0.4) is 0 Å². The van der Waals surface area contributed by atoms with Crippen LogP contribution in [0.25, 0.3) is 5.57 Å². The molecule has 1 aromatic heterocycles. The van der Waals surface area contributed by atoms with E-state index in [1.807, 2.05) is 39.8 Å². The monoisotopic (exact) mass is 562 g/mol. The molecule has 3 rings (SSSR count). The molecule has 9 heteroatoms. The van der Waals surface area contributed by atoms with Crippen molar-refractivity contribution in [2.75, 3.05) is 12.3 Å². The lowest BCUT2D eigenvalue weighted by molar-refractivity contribution is -0.116. The minimum absolute atomic E-state index is 0.0960. The van der Waals surface area contributed by atoms with Crippen LogP contribution in [0.5, 0.6) is 0 Å². The van der Waals surface area contributed by atoms with E-state index < -0.39 is 16.0 Å². The standard InChI is InChI=1S/C26H31BrN2O5S/c1-5-6-11-35(32,33)34-22-14-19(9-10-28-26(31)21-8-7-20(27)15-29-21)25(30)24(22)23-17(3)12-16(2)13-18(23)4/h7-8,12-13,15,19H,5-6,9-11,14H2,1-4H3,(H,28,31). The molecule has 7 nitrogen and oxygen atoms in total. The van der Waals surface area contributed by atoms with Crippen molar-refractivity contribution < 1.29 is 22.2 Å². The van der Waals surface area contributed by atoms with Crippen molar-refractivity contribution >= 4 is 43.3 Å². The Kier molecular flexibility index (Phi) is 8.88. The molecule has 1 aliphatic carbocycles. The van der Waals surface area contributed by atoms with Crippen LogP contribution in [0.2, 0.25) is 0 Å². The number of ketones is 1. The summed E-state index contributed by atoms with van der Waals surface area (Å²) in [5.74, 6) is -0.871. The number of nitrogens with one attached hydrogen (secondary N) is 1. The SMILES string of the molecule is CCCCS(=O)(=O)OC1=C(c2c(C)cc(C)cc2C)C(=O)C(CCNC(=O)c2ccc(Br)cn2)C1. The van der Waals surface area contributed by atoms with E-state index in [1.54, 1.807) is 18.3 Å². The molecule has 2 aromatic rings. The van der Waals surface area contributed by atoms with Crippen molar-refractivity contribution in [1.29, 1.82) is 0 Å². The molecule has 0 radical (unpaired) electrons. The van der Waals surface area contributed by atoms with Gasteiger partial charge < -0.3 is 9.50 Å². The molecular formula is C26H31BrN2O5S. The fourth-order valence-electron chi connectivity index (χ4n) is 4.38. The number of carbonyl (C=O) groups is 2. The maximum atomic E-state index is 13.5. The lowest BCUT2D eigenvalue weighted by Crippen LogP contribution is -2.27. The van der Waals surface area contributed by atoms with E-state index in [4.69, 9.17) is 4.18 Å². The third kappa shape index (κ3) is 6.79. The molecule has 1 amide bonds. The lowest BCUT2D eigenvalue weighted by Gasteiger charge is -2.15. The Morgan fingerprint density at radius 3 is 2.49 bits per heavy atom. The molecule has 1 heterocycles. The molecule has 0 aliphatic heterocycles. The second kappa shape index (κ2) is 11.5. The smallest absolute Gasteiger partial charge is 0.308 e. The normalized spacial score (nSPS) is 16.0. The third-order valence-corrected chi connectivity index (χ3v) is 7.68. The minimum Gasteiger partial charge on any atom is -0.386 e. The molecule has 188 valence electrons. The number of nitrogens with zero attached hydrogens (tertiary/aromatic N) is 1. The number of hydrogen-bond acceptors (Lipinski definition) is 6. The van der Waals surface area contributed by atoms with E-state index in [9.17, 15) is 18.0 Å². The van der Waals surface area contributed by atoms with Crippen LogP contribution in [0.1, 0.15) is 65.3 Å². The van der Waals surface area contributed by atoms with Crippen LogP contribution in [-0.2, 0) is 19.1 Å². The topological polar surface area (TPSA) is 102 Å². The first-order valence-electron chi connectivity index (χ1n) is 11.7. The van der Waals surface area contributed by atoms with Crippen LogP contribution >= 0.6 is 15.9 Å². The van der Waals surface area contributed by atoms with E-state index in [-0.39, 0.29) is 41.9 Å². The summed E-state index contributed by atoms with van der Waals surface area (Å²) < 4.78 is 31.5. The second-order valence-corrected chi connectivity index (χ2v) is 11.5. The van der Waals surface area contributed by atoms with Gasteiger partial charge in [-0.25, -0.2) is 4.98 Å². The molecule has 1 N–H and O–H groups in total. The van der Waals surface area contributed by atoms with E-state index in [1.165, 1.54) is 0 Å². The Bertz CT molecular complexity index is 1230. The molecule has 0 saturated heterocycles. The predicted octanol–water partition coefficient (Wildman–Crippen LogP) is 5.04. The van der Waals surface area contributed by atoms with Gasteiger partial charge in [0.2, 0.25) is 0 Å². The Labute approximate surface area is 215 Å². The van der Waals surface area contributed by atoms with Crippen molar-refractivity contribution in [3.05, 3.63) is 68.6 Å². The first-order valence-corrected chi connectivity index (χ1v) is 14.1. The highest BCUT2D eigenvalue weighted by Gasteiger charge is 2.38. The maximum absolute atomic E-state index is 13.5. The van der Waals surface area contributed by atoms with Crippen LogP contribution in [0.15, 0.2) is 40.7 Å². The van der Waals surface area contributed by atoms with Crippen molar-refractivity contribution in [2.45, 2.75) is 53.4 Å². The van der Waals surface area contributed by atoms with Crippen LogP contribution < -0.4 is 5.32 Å². The summed E-state index contributed by atoms with van der Waals surface area (Å²) >= 11 is 3.29. The Morgan fingerprint density at radius 2 is 1.89 bits per heavy atom. The van der Waals surface area contributed by atoms with Crippen LogP contribution in [-0.4, -0.2) is 37.4 Å². The van der Waals surface area contributed by atoms with Gasteiger partial charge in [0.15, 0.2) is 5.78 Å². The fraction of sp³-hybridized carbons (Fsp3) is 0.423. The van der Waals surface area contributed by atoms with Crippen molar-refractivity contribution in [2.24, 2.45) is 5.92 Å². The summed E-state index contributed by atoms with van der Waals surface area (Å²) in [6, 6.07) is 7.29. The number of carbonyl (C=O) groups excluding carboxylic acids is 2. The average Bonchev–Trinajstić information content (AvgIpc) is 3.06. The zero-order valence-electron chi connectivity index (χ0n) is 20.5. The first kappa shape index (κ1) is 27.1. The summed E-state index contributed by atoms with van der Waals surface area (Å²) in [6.07, 6.45) is 3.29. The average molecular weight is 564 g/mol. The van der Waals surface area contributed by atoms with Gasteiger partial charge in [-0.3, -0.25) is 9.59 Å². The Morgan fingerprint density at radius 1 is 1.20 bits per heavy atom. The summed E-state index contributed by atoms with van der Waals surface area (Å²) in [5, 5.41) is 2.80. The number of unbranched alkanes of at least 4 members (excludes halogenated alkanes) is 1. The number of amides is 1. The number of aryl methyl sites for hydroxylation is 3. The molecule has 0 fully saturated rings. The molecule has 0 bridgehead atoms. The zero-order chi connectivity index (χ0) is 25.8. The number of hydrogen-bond donors (Lipinski definition) is 1. The van der Waals surface area contributed by atoms with E-state index in [0.29, 0.717) is 18.4 Å². The number of rotatable bonds is 10. The summed E-state index contributed by atoms with van der Waals surface area (Å²) in [6.45, 7) is 7.97. The molecule has 0 spiro atoms. The van der Waals surface area contributed by atoms with Gasteiger partial charge in [-0.1, -0.05) is 31.0 Å². The van der Waals surface area contributed by atoms with Gasteiger partial charge in [-0.05, 0) is 78.4 Å². The number of allylic oxidation sites excluding steroid dienone is 2. The molecule has 35 heavy (non-hydrogen) atoms. The number of halogens is 1. The van der Waals surface area contributed by atoms with E-state index >= 15 is 0 Å². The first-order chi connectivity index (χ1) is 16.5. The largest absolute Gasteiger partial charge is 0.386 e. The van der Waals surface area contributed by atoms with E-state index in [0.717, 1.165) is 33.1 Å². The molecule has 1 aliphatic rings. The van der Waals surface area contributed by atoms with Crippen molar-refractivity contribution in [3.8, 4) is 0 Å². The molecule has 1 aromatic carbocycles. The van der Waals surface area contributed by atoms with Gasteiger partial charge >= 0.3 is 10.1 Å². The van der Waals surface area contributed by atoms with Crippen LogP contribution in [0, 0.1) is 26.7 Å². The van der Waals surface area contributed by atoms with Gasteiger partial charge in [-0.15, -0.1) is 0 Å². The van der Waals surface area contributed by atoms with E-state index in [2.05, 4.69) is 26.2 Å². The Balaban J connectivity index is 1.82. The molecular weight excluding hydrogens is 532 g/mol. The quantitative estimate of drug-likeness (QED) is 0.407. The number of benzene rings is 1. The van der Waals surface area contributed by atoms with Gasteiger partial charge in [0.25, 0.3) is 5.91 Å². The zero-order valence-corrected chi connectivity index (χ0v) is 22.9. The van der Waals surface area contributed by atoms with Gasteiger partial charge in [0, 0.05) is 29.6 Å². The Hall–Kier alpha value is -2.52. The molecule has 0 saturated carbocycles.